The number of amides is 3. The molecular weight excluding hydrogens is 506 g/mol. The number of rotatable bonds is 9. The van der Waals surface area contributed by atoms with Gasteiger partial charge in [-0.1, -0.05) is 61.7 Å². The molecule has 194 valence electrons. The molecule has 1 aliphatic rings. The van der Waals surface area contributed by atoms with E-state index in [1.54, 1.807) is 37.3 Å². The third-order valence-electron chi connectivity index (χ3n) is 6.63. The maximum absolute atomic E-state index is 13.6. The Morgan fingerprint density at radius 3 is 2.36 bits per heavy atom. The van der Waals surface area contributed by atoms with Gasteiger partial charge < -0.3 is 21.3 Å². The van der Waals surface area contributed by atoms with Crippen molar-refractivity contribution >= 4 is 40.9 Å². The summed E-state index contributed by atoms with van der Waals surface area (Å²) in [4.78, 5) is 42.4. The Labute approximate surface area is 220 Å². The van der Waals surface area contributed by atoms with Crippen LogP contribution in [-0.2, 0) is 20.8 Å². The van der Waals surface area contributed by atoms with E-state index in [-0.39, 0.29) is 37.1 Å². The molecule has 3 rings (SSSR count). The average Bonchev–Trinajstić information content (AvgIpc) is 2.84. The number of nitrogens with zero attached hydrogens (tertiary/aromatic N) is 2. The van der Waals surface area contributed by atoms with Crippen LogP contribution in [0.1, 0.15) is 43.7 Å². The lowest BCUT2D eigenvalue weighted by Gasteiger charge is -2.45. The van der Waals surface area contributed by atoms with Gasteiger partial charge in [-0.15, -0.1) is 0 Å². The summed E-state index contributed by atoms with van der Waals surface area (Å²) in [5, 5.41) is 0.719. The molecule has 0 radical (unpaired) electrons. The lowest BCUT2D eigenvalue weighted by molar-refractivity contribution is -0.156. The van der Waals surface area contributed by atoms with Crippen LogP contribution in [0.3, 0.4) is 0 Å². The lowest BCUT2D eigenvalue weighted by atomic mass is 9.90. The molecule has 7 nitrogen and oxygen atoms in total. The smallest absolute Gasteiger partial charge is 0.246 e. The Bertz CT molecular complexity index is 1110. The molecular formula is C26H31Cl2FN4O3. The first-order chi connectivity index (χ1) is 17.0. The van der Waals surface area contributed by atoms with Crippen molar-refractivity contribution in [1.29, 1.82) is 0 Å². The molecule has 1 saturated heterocycles. The lowest BCUT2D eigenvalue weighted by Crippen LogP contribution is -2.65. The summed E-state index contributed by atoms with van der Waals surface area (Å²) in [6.45, 7) is 4.06. The van der Waals surface area contributed by atoms with Crippen molar-refractivity contribution in [3.05, 3.63) is 69.5 Å². The van der Waals surface area contributed by atoms with E-state index in [0.717, 1.165) is 5.56 Å². The van der Waals surface area contributed by atoms with Gasteiger partial charge in [0.05, 0.1) is 16.1 Å². The van der Waals surface area contributed by atoms with Crippen molar-refractivity contribution in [3.8, 4) is 0 Å². The monoisotopic (exact) mass is 536 g/mol. The fourth-order valence-corrected chi connectivity index (χ4v) is 5.03. The van der Waals surface area contributed by atoms with Gasteiger partial charge in [0.1, 0.15) is 17.9 Å². The number of benzene rings is 2. The van der Waals surface area contributed by atoms with Gasteiger partial charge in [-0.25, -0.2) is 4.39 Å². The summed E-state index contributed by atoms with van der Waals surface area (Å²) in [6.07, 6.45) is 1.27. The first-order valence-electron chi connectivity index (χ1n) is 11.9. The van der Waals surface area contributed by atoms with Crippen LogP contribution in [-0.4, -0.2) is 58.7 Å². The molecule has 4 unspecified atom stereocenters. The maximum atomic E-state index is 13.6. The summed E-state index contributed by atoms with van der Waals surface area (Å²) in [5.41, 5.74) is 13.4. The number of nitrogens with two attached hydrogens (primary N) is 2. The number of primary amides is 1. The topological polar surface area (TPSA) is 110 Å². The molecule has 0 bridgehead atoms. The molecule has 0 aliphatic carbocycles. The van der Waals surface area contributed by atoms with Crippen molar-refractivity contribution < 1.29 is 18.8 Å². The van der Waals surface area contributed by atoms with Crippen LogP contribution in [0.4, 0.5) is 4.39 Å². The van der Waals surface area contributed by atoms with E-state index >= 15 is 0 Å². The van der Waals surface area contributed by atoms with Crippen LogP contribution < -0.4 is 11.5 Å². The normalized spacial score (nSPS) is 18.6. The number of piperazine rings is 1. The van der Waals surface area contributed by atoms with E-state index in [4.69, 9.17) is 34.7 Å². The van der Waals surface area contributed by atoms with Gasteiger partial charge in [-0.05, 0) is 48.2 Å². The molecule has 2 aromatic carbocycles. The molecule has 4 atom stereocenters. The molecule has 0 saturated carbocycles. The minimum absolute atomic E-state index is 0.132. The van der Waals surface area contributed by atoms with Crippen molar-refractivity contribution in [1.82, 2.24) is 9.80 Å². The first-order valence-corrected chi connectivity index (χ1v) is 12.7. The van der Waals surface area contributed by atoms with E-state index in [9.17, 15) is 18.8 Å². The molecule has 10 heteroatoms. The highest BCUT2D eigenvalue weighted by molar-refractivity contribution is 6.42. The molecule has 1 fully saturated rings. The minimum Gasteiger partial charge on any atom is -0.368 e. The first kappa shape index (κ1) is 27.9. The SMILES string of the molecule is CCCC1C(=O)N(C(C(N)=O)C(C)c2ccc(Cl)c(Cl)c2)CCN1C(=O)C(N)Cc1ccc(F)cc1. The Hall–Kier alpha value is -2.68. The zero-order chi connectivity index (χ0) is 26.6. The second-order valence-electron chi connectivity index (χ2n) is 9.11. The van der Waals surface area contributed by atoms with Crippen molar-refractivity contribution in [2.45, 2.75) is 57.2 Å². The molecule has 0 spiro atoms. The average molecular weight is 537 g/mol. The summed E-state index contributed by atoms with van der Waals surface area (Å²) < 4.78 is 13.2. The van der Waals surface area contributed by atoms with Gasteiger partial charge in [0, 0.05) is 19.0 Å². The Kier molecular flexibility index (Phi) is 9.33. The van der Waals surface area contributed by atoms with Gasteiger partial charge in [0.15, 0.2) is 0 Å². The molecule has 1 heterocycles. The van der Waals surface area contributed by atoms with Crippen molar-refractivity contribution in [2.75, 3.05) is 13.1 Å². The zero-order valence-corrected chi connectivity index (χ0v) is 21.8. The largest absolute Gasteiger partial charge is 0.368 e. The molecule has 3 amide bonds. The fourth-order valence-electron chi connectivity index (χ4n) is 4.72. The highest BCUT2D eigenvalue weighted by Crippen LogP contribution is 2.31. The van der Waals surface area contributed by atoms with Crippen LogP contribution in [0.25, 0.3) is 0 Å². The number of carbonyl (C=O) groups excluding carboxylic acids is 3. The van der Waals surface area contributed by atoms with E-state index in [2.05, 4.69) is 0 Å². The molecule has 2 aromatic rings. The standard InChI is InChI=1S/C26H31Cl2FN4O3/c1-3-4-22-26(36)33(23(24(31)34)15(2)17-7-10-19(27)20(28)14-17)12-11-32(22)25(35)21(30)13-16-5-8-18(29)9-6-16/h5-10,14-15,21-23H,3-4,11-13,30H2,1-2H3,(H2,31,34). The van der Waals surface area contributed by atoms with Crippen LogP contribution in [0, 0.1) is 5.82 Å². The highest BCUT2D eigenvalue weighted by Gasteiger charge is 2.43. The quantitative estimate of drug-likeness (QED) is 0.510. The summed E-state index contributed by atoms with van der Waals surface area (Å²) >= 11 is 12.2. The minimum atomic E-state index is -0.931. The summed E-state index contributed by atoms with van der Waals surface area (Å²) in [6, 6.07) is 8.24. The molecule has 1 aliphatic heterocycles. The van der Waals surface area contributed by atoms with Crippen LogP contribution in [0.15, 0.2) is 42.5 Å². The van der Waals surface area contributed by atoms with Crippen LogP contribution >= 0.6 is 23.2 Å². The zero-order valence-electron chi connectivity index (χ0n) is 20.3. The van der Waals surface area contributed by atoms with E-state index in [1.165, 1.54) is 21.9 Å². The number of halogens is 3. The Morgan fingerprint density at radius 2 is 1.78 bits per heavy atom. The predicted octanol–water partition coefficient (Wildman–Crippen LogP) is 3.50. The maximum Gasteiger partial charge on any atom is 0.246 e. The van der Waals surface area contributed by atoms with Gasteiger partial charge in [0.2, 0.25) is 17.7 Å². The van der Waals surface area contributed by atoms with Gasteiger partial charge >= 0.3 is 0 Å². The van der Waals surface area contributed by atoms with Gasteiger partial charge in [-0.2, -0.15) is 0 Å². The molecule has 36 heavy (non-hydrogen) atoms. The summed E-state index contributed by atoms with van der Waals surface area (Å²) in [7, 11) is 0. The second-order valence-corrected chi connectivity index (χ2v) is 9.93. The van der Waals surface area contributed by atoms with Crippen LogP contribution in [0.5, 0.6) is 0 Å². The molecule has 0 aromatic heterocycles. The number of hydrogen-bond donors (Lipinski definition) is 2. The second kappa shape index (κ2) is 12.0. The molecule has 4 N–H and O–H groups in total. The van der Waals surface area contributed by atoms with Crippen LogP contribution in [0.2, 0.25) is 10.0 Å². The third kappa shape index (κ3) is 6.17. The van der Waals surface area contributed by atoms with Crippen molar-refractivity contribution in [2.24, 2.45) is 11.5 Å². The Balaban J connectivity index is 1.81. The number of carbonyl (C=O) groups is 3. The fraction of sp³-hybridized carbons (Fsp3) is 0.423. The predicted molar refractivity (Wildman–Crippen MR) is 138 cm³/mol. The van der Waals surface area contributed by atoms with E-state index in [1.807, 2.05) is 6.92 Å². The van der Waals surface area contributed by atoms with E-state index in [0.29, 0.717) is 28.5 Å². The van der Waals surface area contributed by atoms with Gasteiger partial charge in [0.25, 0.3) is 0 Å². The summed E-state index contributed by atoms with van der Waals surface area (Å²) in [5.74, 6) is -2.18. The van der Waals surface area contributed by atoms with E-state index < -0.39 is 30.0 Å². The Morgan fingerprint density at radius 1 is 1.11 bits per heavy atom. The highest BCUT2D eigenvalue weighted by atomic mass is 35.5. The van der Waals surface area contributed by atoms with Crippen molar-refractivity contribution in [3.63, 3.8) is 0 Å². The number of hydrogen-bond acceptors (Lipinski definition) is 4. The third-order valence-corrected chi connectivity index (χ3v) is 7.37. The van der Waals surface area contributed by atoms with Gasteiger partial charge in [-0.3, -0.25) is 14.4 Å².